The normalized spacial score (nSPS) is 18.7. The van der Waals surface area contributed by atoms with E-state index in [4.69, 9.17) is 9.47 Å². The van der Waals surface area contributed by atoms with E-state index in [1.54, 1.807) is 7.11 Å². The van der Waals surface area contributed by atoms with E-state index in [0.717, 1.165) is 32.1 Å². The number of rotatable bonds is 6. The predicted octanol–water partition coefficient (Wildman–Crippen LogP) is 4.14. The van der Waals surface area contributed by atoms with Gasteiger partial charge in [-0.15, -0.1) is 0 Å². The summed E-state index contributed by atoms with van der Waals surface area (Å²) in [6, 6.07) is 16.6. The molecule has 2 aliphatic carbocycles. The first-order chi connectivity index (χ1) is 12.8. The molecule has 0 heterocycles. The second-order valence-electron chi connectivity index (χ2n) is 7.08. The van der Waals surface area contributed by atoms with E-state index in [1.165, 1.54) is 11.1 Å². The molecule has 1 amide bonds. The Morgan fingerprint density at radius 3 is 2.54 bits per heavy atom. The van der Waals surface area contributed by atoms with Crippen LogP contribution < -0.4 is 9.47 Å². The molecule has 4 heteroatoms. The number of methoxy groups -OCH3 is 1. The number of aryl methyl sites for hydroxylation is 1. The van der Waals surface area contributed by atoms with Gasteiger partial charge in [-0.25, -0.2) is 0 Å². The van der Waals surface area contributed by atoms with E-state index in [2.05, 4.69) is 29.2 Å². The van der Waals surface area contributed by atoms with Crippen LogP contribution in [0, 0.1) is 0 Å². The standard InChI is InChI=1S/C22H25NO3/c1-25-20-11-4-5-12-21(20)26-15-22(24)23(17-13-14-17)19-10-6-8-16-7-2-3-9-18(16)19/h2-5,7,9,11-12,17,19H,6,8,10,13-15H2,1H3. The molecule has 0 radical (unpaired) electrons. The van der Waals surface area contributed by atoms with Crippen LogP contribution in [0.25, 0.3) is 0 Å². The maximum absolute atomic E-state index is 13.1. The van der Waals surface area contributed by atoms with Crippen LogP contribution in [0.15, 0.2) is 48.5 Å². The van der Waals surface area contributed by atoms with Crippen LogP contribution in [0.3, 0.4) is 0 Å². The van der Waals surface area contributed by atoms with Gasteiger partial charge in [-0.2, -0.15) is 0 Å². The van der Waals surface area contributed by atoms with Gasteiger partial charge in [0.05, 0.1) is 13.2 Å². The maximum Gasteiger partial charge on any atom is 0.261 e. The average molecular weight is 351 g/mol. The Morgan fingerprint density at radius 1 is 1.04 bits per heavy atom. The average Bonchev–Trinajstić information content (AvgIpc) is 3.52. The molecule has 136 valence electrons. The molecule has 26 heavy (non-hydrogen) atoms. The highest BCUT2D eigenvalue weighted by molar-refractivity contribution is 5.79. The zero-order chi connectivity index (χ0) is 17.9. The van der Waals surface area contributed by atoms with Gasteiger partial charge in [-0.3, -0.25) is 4.79 Å². The Bertz CT molecular complexity index is 784. The molecule has 4 rings (SSSR count). The molecule has 1 atom stereocenters. The zero-order valence-corrected chi connectivity index (χ0v) is 15.2. The smallest absolute Gasteiger partial charge is 0.261 e. The summed E-state index contributed by atoms with van der Waals surface area (Å²) in [5.41, 5.74) is 2.70. The molecule has 0 spiro atoms. The number of fused-ring (bicyclic) bond motifs is 1. The number of benzene rings is 2. The molecular formula is C22H25NO3. The fourth-order valence-corrected chi connectivity index (χ4v) is 3.95. The van der Waals surface area contributed by atoms with Crippen molar-refractivity contribution in [2.45, 2.75) is 44.2 Å². The monoisotopic (exact) mass is 351 g/mol. The molecule has 1 fully saturated rings. The molecule has 0 bridgehead atoms. The van der Waals surface area contributed by atoms with Crippen LogP contribution in [0.2, 0.25) is 0 Å². The Hall–Kier alpha value is -2.49. The van der Waals surface area contributed by atoms with E-state index < -0.39 is 0 Å². The van der Waals surface area contributed by atoms with Gasteiger partial charge in [0.2, 0.25) is 0 Å². The summed E-state index contributed by atoms with van der Waals surface area (Å²) in [6.45, 7) is 0.0511. The molecule has 0 aromatic heterocycles. The van der Waals surface area contributed by atoms with Crippen LogP contribution in [0.1, 0.15) is 42.9 Å². The lowest BCUT2D eigenvalue weighted by Gasteiger charge is -2.36. The maximum atomic E-state index is 13.1. The molecule has 0 saturated heterocycles. The van der Waals surface area contributed by atoms with Crippen molar-refractivity contribution in [2.24, 2.45) is 0 Å². The van der Waals surface area contributed by atoms with Crippen molar-refractivity contribution in [3.63, 3.8) is 0 Å². The van der Waals surface area contributed by atoms with E-state index in [9.17, 15) is 4.79 Å². The first kappa shape index (κ1) is 17.0. The van der Waals surface area contributed by atoms with Crippen LogP contribution in [-0.2, 0) is 11.2 Å². The second-order valence-corrected chi connectivity index (χ2v) is 7.08. The summed E-state index contributed by atoms with van der Waals surface area (Å²) >= 11 is 0. The van der Waals surface area contributed by atoms with Gasteiger partial charge in [-0.1, -0.05) is 36.4 Å². The molecule has 2 aliphatic rings. The van der Waals surface area contributed by atoms with Crippen molar-refractivity contribution in [1.29, 1.82) is 0 Å². The van der Waals surface area contributed by atoms with Gasteiger partial charge in [0.15, 0.2) is 18.1 Å². The molecule has 0 aliphatic heterocycles. The lowest BCUT2D eigenvalue weighted by Crippen LogP contribution is -2.41. The summed E-state index contributed by atoms with van der Waals surface area (Å²) in [6.07, 6.45) is 5.47. The number of nitrogens with zero attached hydrogens (tertiary/aromatic N) is 1. The van der Waals surface area contributed by atoms with E-state index in [1.807, 2.05) is 24.3 Å². The highest BCUT2D eigenvalue weighted by atomic mass is 16.5. The van der Waals surface area contributed by atoms with Crippen molar-refractivity contribution in [1.82, 2.24) is 4.90 Å². The van der Waals surface area contributed by atoms with E-state index >= 15 is 0 Å². The van der Waals surface area contributed by atoms with Crippen LogP contribution in [0.5, 0.6) is 11.5 Å². The van der Waals surface area contributed by atoms with Crippen LogP contribution in [-0.4, -0.2) is 30.6 Å². The Balaban J connectivity index is 1.51. The molecule has 4 nitrogen and oxygen atoms in total. The minimum Gasteiger partial charge on any atom is -0.493 e. The SMILES string of the molecule is COc1ccccc1OCC(=O)N(C1CC1)C1CCCc2ccccc21. The molecule has 2 aromatic carbocycles. The van der Waals surface area contributed by atoms with Crippen molar-refractivity contribution < 1.29 is 14.3 Å². The highest BCUT2D eigenvalue weighted by Crippen LogP contribution is 2.41. The number of para-hydroxylation sites is 2. The molecule has 0 N–H and O–H groups in total. The number of carbonyl (C=O) groups is 1. The Labute approximate surface area is 154 Å². The van der Waals surface area contributed by atoms with Crippen LogP contribution in [0.4, 0.5) is 0 Å². The quantitative estimate of drug-likeness (QED) is 0.785. The van der Waals surface area contributed by atoms with Crippen molar-refractivity contribution in [2.75, 3.05) is 13.7 Å². The number of hydrogen-bond donors (Lipinski definition) is 0. The third-order valence-corrected chi connectivity index (χ3v) is 5.32. The van der Waals surface area contributed by atoms with Gasteiger partial charge < -0.3 is 14.4 Å². The molecule has 2 aromatic rings. The first-order valence-electron chi connectivity index (χ1n) is 9.42. The first-order valence-corrected chi connectivity index (χ1v) is 9.42. The van der Waals surface area contributed by atoms with Gasteiger partial charge in [0.25, 0.3) is 5.91 Å². The third-order valence-electron chi connectivity index (χ3n) is 5.32. The predicted molar refractivity (Wildman–Crippen MR) is 100 cm³/mol. The van der Waals surface area contributed by atoms with Crippen molar-refractivity contribution in [3.05, 3.63) is 59.7 Å². The highest BCUT2D eigenvalue weighted by Gasteiger charge is 2.39. The third kappa shape index (κ3) is 3.41. The summed E-state index contributed by atoms with van der Waals surface area (Å²) in [5.74, 6) is 1.34. The van der Waals surface area contributed by atoms with Crippen LogP contribution >= 0.6 is 0 Å². The largest absolute Gasteiger partial charge is 0.493 e. The van der Waals surface area contributed by atoms with Crippen molar-refractivity contribution >= 4 is 5.91 Å². The number of hydrogen-bond acceptors (Lipinski definition) is 3. The van der Waals surface area contributed by atoms with Gasteiger partial charge in [0.1, 0.15) is 0 Å². The van der Waals surface area contributed by atoms with E-state index in [-0.39, 0.29) is 18.6 Å². The summed E-state index contributed by atoms with van der Waals surface area (Å²) < 4.78 is 11.1. The molecule has 1 saturated carbocycles. The van der Waals surface area contributed by atoms with E-state index in [0.29, 0.717) is 17.5 Å². The molecule has 1 unspecified atom stereocenters. The minimum absolute atomic E-state index is 0.0511. The molecular weight excluding hydrogens is 326 g/mol. The number of amides is 1. The second kappa shape index (κ2) is 7.40. The lowest BCUT2D eigenvalue weighted by molar-refractivity contribution is -0.137. The number of ether oxygens (including phenoxy) is 2. The Kier molecular flexibility index (Phi) is 4.83. The topological polar surface area (TPSA) is 38.8 Å². The minimum atomic E-state index is 0.0511. The van der Waals surface area contributed by atoms with Crippen molar-refractivity contribution in [3.8, 4) is 11.5 Å². The van der Waals surface area contributed by atoms with Gasteiger partial charge in [-0.05, 0) is 55.4 Å². The zero-order valence-electron chi connectivity index (χ0n) is 15.2. The fourth-order valence-electron chi connectivity index (χ4n) is 3.95. The summed E-state index contributed by atoms with van der Waals surface area (Å²) in [4.78, 5) is 15.2. The summed E-state index contributed by atoms with van der Waals surface area (Å²) in [7, 11) is 1.61. The summed E-state index contributed by atoms with van der Waals surface area (Å²) in [5, 5.41) is 0. The lowest BCUT2D eigenvalue weighted by atomic mass is 9.86. The Morgan fingerprint density at radius 2 is 1.77 bits per heavy atom. The van der Waals surface area contributed by atoms with Gasteiger partial charge in [0, 0.05) is 6.04 Å². The fraction of sp³-hybridized carbons (Fsp3) is 0.409. The van der Waals surface area contributed by atoms with Gasteiger partial charge >= 0.3 is 0 Å². The number of carbonyl (C=O) groups excluding carboxylic acids is 1.